The van der Waals surface area contributed by atoms with Crippen LogP contribution < -0.4 is 5.32 Å². The molecule has 0 radical (unpaired) electrons. The number of aryl methyl sites for hydroxylation is 1. The van der Waals surface area contributed by atoms with Crippen molar-refractivity contribution in [1.82, 2.24) is 19.2 Å². The highest BCUT2D eigenvalue weighted by molar-refractivity contribution is 7.89. The Labute approximate surface area is 165 Å². The van der Waals surface area contributed by atoms with E-state index in [4.69, 9.17) is 4.74 Å². The van der Waals surface area contributed by atoms with Gasteiger partial charge in [-0.3, -0.25) is 0 Å². The molecule has 1 fully saturated rings. The largest absolute Gasteiger partial charge is 0.375 e. The number of imidazole rings is 1. The summed E-state index contributed by atoms with van der Waals surface area (Å²) in [6, 6.07) is 6.18. The maximum absolute atomic E-state index is 13.3. The lowest BCUT2D eigenvalue weighted by Crippen LogP contribution is -2.31. The van der Waals surface area contributed by atoms with Gasteiger partial charge >= 0.3 is 0 Å². The number of aromatic nitrogens is 2. The number of nitrogens with zero attached hydrogens (tertiary/aromatic N) is 3. The van der Waals surface area contributed by atoms with E-state index in [-0.39, 0.29) is 36.0 Å². The first-order valence-electron chi connectivity index (χ1n) is 9.47. The summed E-state index contributed by atoms with van der Waals surface area (Å²) in [6.07, 6.45) is 3.70. The van der Waals surface area contributed by atoms with E-state index in [1.165, 1.54) is 29.0 Å². The van der Waals surface area contributed by atoms with Crippen LogP contribution in [-0.4, -0.2) is 61.2 Å². The number of nitrogens with one attached hydrogen (secondary N) is 1. The number of hydrogen-bond acceptors (Lipinski definition) is 5. The van der Waals surface area contributed by atoms with Gasteiger partial charge < -0.3 is 14.6 Å². The fraction of sp³-hybridized carbons (Fsp3) is 0.526. The number of benzene rings is 1. The SMILES string of the molecule is CCCNCCO[C@H]1CN(S(=O)(=O)c2cn(C)cn2)C[C@@H]1c1ccc(F)cc1. The molecule has 2 aromatic rings. The molecule has 0 bridgehead atoms. The molecule has 0 spiro atoms. The highest BCUT2D eigenvalue weighted by Gasteiger charge is 2.41. The number of rotatable bonds is 9. The van der Waals surface area contributed by atoms with Crippen LogP contribution in [0.5, 0.6) is 0 Å². The number of hydrogen-bond donors (Lipinski definition) is 1. The van der Waals surface area contributed by atoms with Crippen LogP contribution in [0, 0.1) is 5.82 Å². The van der Waals surface area contributed by atoms with Crippen molar-refractivity contribution in [3.63, 3.8) is 0 Å². The second kappa shape index (κ2) is 9.13. The summed E-state index contributed by atoms with van der Waals surface area (Å²) in [7, 11) is -1.98. The Hall–Kier alpha value is -1.81. The molecule has 0 saturated carbocycles. The zero-order chi connectivity index (χ0) is 20.1. The molecule has 0 amide bonds. The second-order valence-electron chi connectivity index (χ2n) is 7.02. The predicted octanol–water partition coefficient (Wildman–Crippen LogP) is 1.73. The topological polar surface area (TPSA) is 76.5 Å². The van der Waals surface area contributed by atoms with E-state index in [2.05, 4.69) is 17.2 Å². The van der Waals surface area contributed by atoms with Crippen molar-refractivity contribution in [3.8, 4) is 0 Å². The first-order chi connectivity index (χ1) is 13.4. The molecule has 9 heteroatoms. The monoisotopic (exact) mass is 410 g/mol. The number of ether oxygens (including phenoxy) is 1. The van der Waals surface area contributed by atoms with E-state index < -0.39 is 10.0 Å². The van der Waals surface area contributed by atoms with Crippen molar-refractivity contribution in [2.45, 2.75) is 30.4 Å². The molecule has 1 aromatic heterocycles. The molecule has 1 saturated heterocycles. The van der Waals surface area contributed by atoms with E-state index >= 15 is 0 Å². The summed E-state index contributed by atoms with van der Waals surface area (Å²) in [4.78, 5) is 4.00. The van der Waals surface area contributed by atoms with Crippen LogP contribution in [0.15, 0.2) is 41.8 Å². The Morgan fingerprint density at radius 2 is 2.00 bits per heavy atom. The Balaban J connectivity index is 1.76. The number of halogens is 1. The highest BCUT2D eigenvalue weighted by Crippen LogP contribution is 2.33. The van der Waals surface area contributed by atoms with Crippen molar-refractivity contribution >= 4 is 10.0 Å². The summed E-state index contributed by atoms with van der Waals surface area (Å²) in [5.74, 6) is -0.480. The number of sulfonamides is 1. The molecular weight excluding hydrogens is 383 g/mol. The van der Waals surface area contributed by atoms with Gasteiger partial charge in [0.1, 0.15) is 5.82 Å². The van der Waals surface area contributed by atoms with Crippen LogP contribution in [0.2, 0.25) is 0 Å². The van der Waals surface area contributed by atoms with Gasteiger partial charge in [-0.15, -0.1) is 0 Å². The first-order valence-corrected chi connectivity index (χ1v) is 10.9. The van der Waals surface area contributed by atoms with E-state index in [1.807, 2.05) is 0 Å². The van der Waals surface area contributed by atoms with Crippen LogP contribution >= 0.6 is 0 Å². The molecule has 7 nitrogen and oxygen atoms in total. The third-order valence-corrected chi connectivity index (χ3v) is 6.57. The maximum Gasteiger partial charge on any atom is 0.262 e. The molecule has 1 aliphatic heterocycles. The minimum Gasteiger partial charge on any atom is -0.375 e. The molecule has 1 N–H and O–H groups in total. The van der Waals surface area contributed by atoms with Gasteiger partial charge in [-0.25, -0.2) is 17.8 Å². The molecule has 2 heterocycles. The fourth-order valence-corrected chi connectivity index (χ4v) is 4.82. The van der Waals surface area contributed by atoms with E-state index in [0.717, 1.165) is 18.5 Å². The van der Waals surface area contributed by atoms with Gasteiger partial charge in [-0.05, 0) is 30.7 Å². The molecular formula is C19H27FN4O3S. The molecule has 2 atom stereocenters. The molecule has 3 rings (SSSR count). The molecule has 0 aliphatic carbocycles. The third kappa shape index (κ3) is 4.78. The van der Waals surface area contributed by atoms with Gasteiger partial charge in [0.2, 0.25) is 0 Å². The summed E-state index contributed by atoms with van der Waals surface area (Å²) in [5, 5.41) is 3.30. The van der Waals surface area contributed by atoms with Crippen LogP contribution in [0.25, 0.3) is 0 Å². The van der Waals surface area contributed by atoms with Crippen LogP contribution in [-0.2, 0) is 21.8 Å². The molecule has 28 heavy (non-hydrogen) atoms. The van der Waals surface area contributed by atoms with Gasteiger partial charge in [0, 0.05) is 38.8 Å². The van der Waals surface area contributed by atoms with Gasteiger partial charge in [0.25, 0.3) is 10.0 Å². The average Bonchev–Trinajstić information content (AvgIpc) is 3.30. The van der Waals surface area contributed by atoms with Gasteiger partial charge in [0.15, 0.2) is 5.03 Å². The lowest BCUT2D eigenvalue weighted by molar-refractivity contribution is 0.0552. The normalized spacial score (nSPS) is 20.7. The van der Waals surface area contributed by atoms with Crippen molar-refractivity contribution in [3.05, 3.63) is 48.2 Å². The van der Waals surface area contributed by atoms with Crippen molar-refractivity contribution in [2.75, 3.05) is 32.8 Å². The van der Waals surface area contributed by atoms with Gasteiger partial charge in [0.05, 0.1) is 19.0 Å². The summed E-state index contributed by atoms with van der Waals surface area (Å²) < 4.78 is 48.3. The minimum absolute atomic E-state index is 0.0260. The van der Waals surface area contributed by atoms with Crippen molar-refractivity contribution in [2.24, 2.45) is 7.05 Å². The van der Waals surface area contributed by atoms with E-state index in [1.54, 1.807) is 23.7 Å². The third-order valence-electron chi connectivity index (χ3n) is 4.85. The van der Waals surface area contributed by atoms with Gasteiger partial charge in [-0.1, -0.05) is 19.1 Å². The smallest absolute Gasteiger partial charge is 0.262 e. The Bertz CT molecular complexity index is 870. The fourth-order valence-electron chi connectivity index (χ4n) is 3.37. The zero-order valence-corrected chi connectivity index (χ0v) is 17.0. The predicted molar refractivity (Wildman–Crippen MR) is 104 cm³/mol. The zero-order valence-electron chi connectivity index (χ0n) is 16.2. The Morgan fingerprint density at radius 3 is 2.64 bits per heavy atom. The van der Waals surface area contributed by atoms with E-state index in [9.17, 15) is 12.8 Å². The lowest BCUT2D eigenvalue weighted by Gasteiger charge is -2.19. The molecule has 0 unspecified atom stereocenters. The maximum atomic E-state index is 13.3. The van der Waals surface area contributed by atoms with Crippen molar-refractivity contribution in [1.29, 1.82) is 0 Å². The average molecular weight is 411 g/mol. The standard InChI is InChI=1S/C19H27FN4O3S/c1-3-8-21-9-10-27-18-12-24(28(25,26)19-13-23(2)14-22-19)11-17(18)15-4-6-16(20)7-5-15/h4-7,13-14,17-18,21H,3,8-12H2,1-2H3/t17-,18+/m1/s1. The summed E-state index contributed by atoms with van der Waals surface area (Å²) >= 11 is 0. The van der Waals surface area contributed by atoms with Crippen LogP contribution in [0.3, 0.4) is 0 Å². The Kier molecular flexibility index (Phi) is 6.82. The Morgan fingerprint density at radius 1 is 1.25 bits per heavy atom. The minimum atomic E-state index is -3.71. The van der Waals surface area contributed by atoms with Crippen molar-refractivity contribution < 1.29 is 17.5 Å². The second-order valence-corrected chi connectivity index (χ2v) is 8.90. The van der Waals surface area contributed by atoms with Gasteiger partial charge in [-0.2, -0.15) is 4.31 Å². The molecule has 1 aromatic carbocycles. The quantitative estimate of drug-likeness (QED) is 0.637. The summed E-state index contributed by atoms with van der Waals surface area (Å²) in [5.41, 5.74) is 0.867. The lowest BCUT2D eigenvalue weighted by atomic mass is 9.96. The molecule has 1 aliphatic rings. The first kappa shape index (κ1) is 20.9. The van der Waals surface area contributed by atoms with E-state index in [0.29, 0.717) is 13.2 Å². The molecule has 154 valence electrons. The highest BCUT2D eigenvalue weighted by atomic mass is 32.2. The van der Waals surface area contributed by atoms with Crippen LogP contribution in [0.1, 0.15) is 24.8 Å². The summed E-state index contributed by atoms with van der Waals surface area (Å²) in [6.45, 7) is 4.71. The van der Waals surface area contributed by atoms with Crippen LogP contribution in [0.4, 0.5) is 4.39 Å².